The molecule has 0 aliphatic heterocycles. The standard InChI is InChI=1S/C9H12N4S/c1-14-8-4-2-7(3-5-8)6-12-13-9(10)11/h2-6H,1H3,(H4,10,11,13)/p+1/b12-6-. The van der Waals surface area contributed by atoms with Crippen molar-refractivity contribution in [2.24, 2.45) is 16.6 Å². The number of hydrogen-bond donors (Lipinski definition) is 3. The maximum absolute atomic E-state index is 5.14. The molecule has 0 fully saturated rings. The number of nitrogens with two attached hydrogens (primary N) is 2. The molecular formula is C9H13N4S+. The van der Waals surface area contributed by atoms with Crippen LogP contribution in [0, 0.1) is 0 Å². The number of hydrogen-bond acceptors (Lipinski definition) is 2. The minimum absolute atomic E-state index is 0.0157. The SMILES string of the molecule is CSc1ccc(/C=[NH+]\N=C(N)N)cc1. The van der Waals surface area contributed by atoms with E-state index in [4.69, 9.17) is 11.5 Å². The highest BCUT2D eigenvalue weighted by Crippen LogP contribution is 2.13. The zero-order valence-electron chi connectivity index (χ0n) is 7.90. The van der Waals surface area contributed by atoms with Crippen molar-refractivity contribution in [3.63, 3.8) is 0 Å². The van der Waals surface area contributed by atoms with Gasteiger partial charge in [-0.25, -0.2) is 0 Å². The van der Waals surface area contributed by atoms with Crippen LogP contribution in [0.25, 0.3) is 0 Å². The molecule has 1 rings (SSSR count). The molecule has 0 atom stereocenters. The molecule has 0 unspecified atom stereocenters. The average molecular weight is 209 g/mol. The fourth-order valence-corrected chi connectivity index (χ4v) is 1.29. The number of thioether (sulfide) groups is 1. The Morgan fingerprint density at radius 2 is 2.00 bits per heavy atom. The maximum atomic E-state index is 5.14. The predicted octanol–water partition coefficient (Wildman–Crippen LogP) is -0.904. The Morgan fingerprint density at radius 1 is 1.36 bits per heavy atom. The van der Waals surface area contributed by atoms with Crippen LogP contribution < -0.4 is 16.6 Å². The quantitative estimate of drug-likeness (QED) is 0.261. The van der Waals surface area contributed by atoms with Crippen LogP contribution in [0.15, 0.2) is 34.3 Å². The molecule has 1 aromatic rings. The zero-order chi connectivity index (χ0) is 10.4. The third-order valence-corrected chi connectivity index (χ3v) is 2.28. The van der Waals surface area contributed by atoms with Crippen molar-refractivity contribution in [3.05, 3.63) is 29.8 Å². The second kappa shape index (κ2) is 5.29. The van der Waals surface area contributed by atoms with Crippen LogP contribution in [-0.4, -0.2) is 18.4 Å². The predicted molar refractivity (Wildman–Crippen MR) is 60.2 cm³/mol. The monoisotopic (exact) mass is 209 g/mol. The second-order valence-electron chi connectivity index (χ2n) is 2.58. The van der Waals surface area contributed by atoms with Gasteiger partial charge < -0.3 is 11.5 Å². The first-order valence-electron chi connectivity index (χ1n) is 4.04. The summed E-state index contributed by atoms with van der Waals surface area (Å²) in [5.41, 5.74) is 11.3. The summed E-state index contributed by atoms with van der Waals surface area (Å²) in [5, 5.41) is 6.27. The minimum atomic E-state index is 0.0157. The van der Waals surface area contributed by atoms with E-state index < -0.39 is 0 Å². The van der Waals surface area contributed by atoms with Gasteiger partial charge in [0.25, 0.3) is 5.96 Å². The van der Waals surface area contributed by atoms with Crippen molar-refractivity contribution in [2.45, 2.75) is 4.90 Å². The normalized spacial score (nSPS) is 10.4. The first kappa shape index (κ1) is 10.6. The van der Waals surface area contributed by atoms with Gasteiger partial charge in [0.2, 0.25) is 6.21 Å². The van der Waals surface area contributed by atoms with Crippen molar-refractivity contribution in [2.75, 3.05) is 6.26 Å². The Bertz CT molecular complexity index is 338. The van der Waals surface area contributed by atoms with E-state index in [-0.39, 0.29) is 5.96 Å². The molecule has 0 heterocycles. The summed E-state index contributed by atoms with van der Waals surface area (Å²) in [6.07, 6.45) is 3.76. The zero-order valence-corrected chi connectivity index (χ0v) is 8.71. The van der Waals surface area contributed by atoms with Crippen LogP contribution in [0.4, 0.5) is 0 Å². The highest BCUT2D eigenvalue weighted by molar-refractivity contribution is 7.98. The highest BCUT2D eigenvalue weighted by Gasteiger charge is 1.92. The molecule has 1 aromatic carbocycles. The van der Waals surface area contributed by atoms with Gasteiger partial charge in [-0.05, 0) is 30.5 Å². The molecule has 0 spiro atoms. The van der Waals surface area contributed by atoms with Gasteiger partial charge in [0.15, 0.2) is 0 Å². The van der Waals surface area contributed by atoms with Crippen molar-refractivity contribution >= 4 is 23.9 Å². The summed E-state index contributed by atoms with van der Waals surface area (Å²) in [7, 11) is 0. The van der Waals surface area contributed by atoms with Gasteiger partial charge >= 0.3 is 0 Å². The molecule has 5 N–H and O–H groups in total. The van der Waals surface area contributed by atoms with Gasteiger partial charge in [-0.1, -0.05) is 0 Å². The lowest BCUT2D eigenvalue weighted by Gasteiger charge is -1.93. The molecule has 5 heteroatoms. The number of nitrogens with one attached hydrogen (secondary N) is 1. The van der Waals surface area contributed by atoms with Crippen LogP contribution in [0.2, 0.25) is 0 Å². The van der Waals surface area contributed by atoms with Crippen LogP contribution in [0.5, 0.6) is 0 Å². The number of hydrazone groups is 1. The van der Waals surface area contributed by atoms with Crippen molar-refractivity contribution in [3.8, 4) is 0 Å². The number of benzene rings is 1. The third-order valence-electron chi connectivity index (χ3n) is 1.54. The van der Waals surface area contributed by atoms with Crippen molar-refractivity contribution in [1.29, 1.82) is 0 Å². The summed E-state index contributed by atoms with van der Waals surface area (Å²) in [6, 6.07) is 8.05. The van der Waals surface area contributed by atoms with Crippen LogP contribution in [-0.2, 0) is 0 Å². The lowest BCUT2D eigenvalue weighted by atomic mass is 10.2. The van der Waals surface area contributed by atoms with Crippen LogP contribution in [0.3, 0.4) is 0 Å². The van der Waals surface area contributed by atoms with Gasteiger partial charge in [0.05, 0.1) is 0 Å². The first-order chi connectivity index (χ1) is 6.72. The molecule has 0 radical (unpaired) electrons. The smallest absolute Gasteiger partial charge is 0.256 e. The summed E-state index contributed by atoms with van der Waals surface area (Å²) in [5.74, 6) is 0.0157. The first-order valence-corrected chi connectivity index (χ1v) is 5.26. The average Bonchev–Trinajstić information content (AvgIpc) is 2.18. The number of guanidine groups is 1. The van der Waals surface area contributed by atoms with Gasteiger partial charge in [0, 0.05) is 15.6 Å². The molecular weight excluding hydrogens is 196 g/mol. The summed E-state index contributed by atoms with van der Waals surface area (Å²) in [4.78, 5) is 1.23. The van der Waals surface area contributed by atoms with E-state index in [1.54, 1.807) is 18.0 Å². The fourth-order valence-electron chi connectivity index (χ4n) is 0.881. The molecule has 0 aliphatic rings. The van der Waals surface area contributed by atoms with Crippen molar-refractivity contribution in [1.82, 2.24) is 0 Å². The Balaban J connectivity index is 2.69. The highest BCUT2D eigenvalue weighted by atomic mass is 32.2. The van der Waals surface area contributed by atoms with E-state index in [1.165, 1.54) is 4.90 Å². The summed E-state index contributed by atoms with van der Waals surface area (Å²) >= 11 is 1.70. The van der Waals surface area contributed by atoms with E-state index >= 15 is 0 Å². The van der Waals surface area contributed by atoms with E-state index in [0.717, 1.165) is 5.56 Å². The summed E-state index contributed by atoms with van der Waals surface area (Å²) in [6.45, 7) is 0. The molecule has 0 bridgehead atoms. The van der Waals surface area contributed by atoms with Gasteiger partial charge in [0.1, 0.15) is 0 Å². The summed E-state index contributed by atoms with van der Waals surface area (Å²) < 4.78 is 0. The Labute approximate surface area is 87.1 Å². The molecule has 0 aliphatic carbocycles. The molecule has 4 nitrogen and oxygen atoms in total. The van der Waals surface area contributed by atoms with Gasteiger partial charge in [-0.3, -0.25) is 0 Å². The molecule has 0 aromatic heterocycles. The van der Waals surface area contributed by atoms with E-state index in [9.17, 15) is 0 Å². The Hall–Kier alpha value is -1.49. The van der Waals surface area contributed by atoms with Gasteiger partial charge in [-0.15, -0.1) is 16.9 Å². The largest absolute Gasteiger partial charge is 0.365 e. The molecule has 0 saturated heterocycles. The minimum Gasteiger partial charge on any atom is -0.365 e. The lowest BCUT2D eigenvalue weighted by molar-refractivity contribution is -0.456. The maximum Gasteiger partial charge on any atom is 0.256 e. The topological polar surface area (TPSA) is 78.4 Å². The molecule has 0 amide bonds. The molecule has 14 heavy (non-hydrogen) atoms. The lowest BCUT2D eigenvalue weighted by Crippen LogP contribution is -2.63. The Kier molecular flexibility index (Phi) is 4.00. The number of nitrogens with zero attached hydrogens (tertiary/aromatic N) is 1. The van der Waals surface area contributed by atoms with Crippen LogP contribution in [0.1, 0.15) is 5.56 Å². The van der Waals surface area contributed by atoms with E-state index in [1.807, 2.05) is 30.5 Å². The van der Waals surface area contributed by atoms with E-state index in [0.29, 0.717) is 0 Å². The Morgan fingerprint density at radius 3 is 2.50 bits per heavy atom. The van der Waals surface area contributed by atoms with Gasteiger partial charge in [-0.2, -0.15) is 0 Å². The molecule has 0 saturated carbocycles. The van der Waals surface area contributed by atoms with E-state index in [2.05, 4.69) is 10.2 Å². The fraction of sp³-hybridized carbons (Fsp3) is 0.111. The van der Waals surface area contributed by atoms with Crippen molar-refractivity contribution < 1.29 is 5.10 Å². The third kappa shape index (κ3) is 3.49. The molecule has 74 valence electrons. The number of rotatable bonds is 3. The second-order valence-corrected chi connectivity index (χ2v) is 3.46. The van der Waals surface area contributed by atoms with Crippen LogP contribution >= 0.6 is 11.8 Å².